The van der Waals surface area contributed by atoms with Gasteiger partial charge in [0.1, 0.15) is 5.82 Å². The highest BCUT2D eigenvalue weighted by atomic mass is 32.2. The molecule has 0 spiro atoms. The Morgan fingerprint density at radius 3 is 2.90 bits per heavy atom. The Balaban J connectivity index is 2.06. The Labute approximate surface area is 118 Å². The maximum absolute atomic E-state index is 11.7. The van der Waals surface area contributed by atoms with Crippen LogP contribution < -0.4 is 11.4 Å². The second kappa shape index (κ2) is 5.84. The molecule has 1 aliphatic rings. The summed E-state index contributed by atoms with van der Waals surface area (Å²) >= 11 is 1.20. The van der Waals surface area contributed by atoms with Crippen LogP contribution in [-0.2, 0) is 9.09 Å². The second-order valence-electron chi connectivity index (χ2n) is 4.26. The number of aliphatic hydroxyl groups is 1. The normalized spacial score (nSPS) is 26.9. The second-order valence-corrected chi connectivity index (χ2v) is 6.92. The number of nitrogens with zero attached hydrogens (tertiary/aromatic N) is 2. The monoisotopic (exact) mass is 323 g/mol. The van der Waals surface area contributed by atoms with E-state index in [1.807, 2.05) is 0 Å². The smallest absolute Gasteiger partial charge is 0.392 e. The van der Waals surface area contributed by atoms with Gasteiger partial charge in [-0.1, -0.05) is 0 Å². The molecule has 1 saturated heterocycles. The molecular weight excluding hydrogens is 309 g/mol. The van der Waals surface area contributed by atoms with Gasteiger partial charge in [-0.3, -0.25) is 9.09 Å². The van der Waals surface area contributed by atoms with Crippen molar-refractivity contribution in [3.63, 3.8) is 0 Å². The Bertz CT molecular complexity index is 589. The highest BCUT2D eigenvalue weighted by Crippen LogP contribution is 2.44. The van der Waals surface area contributed by atoms with E-state index >= 15 is 0 Å². The molecule has 3 atom stereocenters. The van der Waals surface area contributed by atoms with Crippen LogP contribution in [0.5, 0.6) is 0 Å². The lowest BCUT2D eigenvalue weighted by molar-refractivity contribution is 0.128. The van der Waals surface area contributed by atoms with Gasteiger partial charge in [0.15, 0.2) is 0 Å². The predicted molar refractivity (Wildman–Crippen MR) is 71.9 cm³/mol. The summed E-state index contributed by atoms with van der Waals surface area (Å²) in [6.45, 7) is -0.302. The number of rotatable bonds is 4. The topological polar surface area (TPSA) is 148 Å². The van der Waals surface area contributed by atoms with E-state index < -0.39 is 24.9 Å². The average Bonchev–Trinajstić information content (AvgIpc) is 2.67. The first kappa shape index (κ1) is 15.5. The molecule has 2 heterocycles. The van der Waals surface area contributed by atoms with Crippen LogP contribution in [0.1, 0.15) is 11.8 Å². The van der Waals surface area contributed by atoms with E-state index in [0.717, 1.165) is 0 Å². The van der Waals surface area contributed by atoms with Crippen molar-refractivity contribution in [2.24, 2.45) is 0 Å². The number of hydrogen-bond acceptors (Lipinski definition) is 7. The van der Waals surface area contributed by atoms with Gasteiger partial charge >= 0.3 is 13.5 Å². The van der Waals surface area contributed by atoms with E-state index in [-0.39, 0.29) is 24.2 Å². The highest BCUT2D eigenvalue weighted by molar-refractivity contribution is 8.00. The van der Waals surface area contributed by atoms with Crippen LogP contribution in [0.25, 0.3) is 0 Å². The zero-order valence-electron chi connectivity index (χ0n) is 10.2. The standard InChI is InChI=1S/C9H14N3O6PS/c10-7-1-2-12(9(14)11-7)8-3-5(13)6(20-8)4-18-19(15,16)17/h1-2,5-6,8,13H,3-4H2,(H2,10,11,14)(H2,15,16,17)/t5-,6+,8+/m0/s1. The van der Waals surface area contributed by atoms with Gasteiger partial charge in [-0.15, -0.1) is 11.8 Å². The van der Waals surface area contributed by atoms with Crippen molar-refractivity contribution in [2.45, 2.75) is 23.1 Å². The number of aliphatic hydroxyl groups excluding tert-OH is 1. The number of phosphoric ester groups is 1. The fourth-order valence-corrected chi connectivity index (χ4v) is 3.75. The zero-order chi connectivity index (χ0) is 14.9. The number of anilines is 1. The average molecular weight is 323 g/mol. The van der Waals surface area contributed by atoms with E-state index in [0.29, 0.717) is 0 Å². The van der Waals surface area contributed by atoms with Gasteiger partial charge in [0.25, 0.3) is 0 Å². The maximum atomic E-state index is 11.7. The van der Waals surface area contributed by atoms with Crippen molar-refractivity contribution in [3.8, 4) is 0 Å². The number of phosphoric acid groups is 1. The molecule has 112 valence electrons. The summed E-state index contributed by atoms with van der Waals surface area (Å²) in [6, 6.07) is 1.47. The first-order valence-corrected chi connectivity index (χ1v) is 8.12. The van der Waals surface area contributed by atoms with E-state index in [1.54, 1.807) is 0 Å². The number of thioether (sulfide) groups is 1. The molecule has 5 N–H and O–H groups in total. The fraction of sp³-hybridized carbons (Fsp3) is 0.556. The number of hydrogen-bond donors (Lipinski definition) is 4. The Morgan fingerprint density at radius 1 is 1.60 bits per heavy atom. The molecule has 0 amide bonds. The molecule has 20 heavy (non-hydrogen) atoms. The first-order valence-electron chi connectivity index (χ1n) is 5.64. The molecule has 0 unspecified atom stereocenters. The molecule has 11 heteroatoms. The van der Waals surface area contributed by atoms with Crippen LogP contribution >= 0.6 is 19.6 Å². The van der Waals surface area contributed by atoms with E-state index in [9.17, 15) is 14.5 Å². The zero-order valence-corrected chi connectivity index (χ0v) is 11.9. The molecular formula is C9H14N3O6PS. The lowest BCUT2D eigenvalue weighted by atomic mass is 10.2. The van der Waals surface area contributed by atoms with E-state index in [2.05, 4.69) is 9.51 Å². The largest absolute Gasteiger partial charge is 0.469 e. The van der Waals surface area contributed by atoms with Gasteiger partial charge in [-0.05, 0) is 6.07 Å². The number of nitrogens with two attached hydrogens (primary N) is 1. The molecule has 9 nitrogen and oxygen atoms in total. The minimum atomic E-state index is -4.57. The molecule has 0 aliphatic carbocycles. The molecule has 0 aromatic carbocycles. The van der Waals surface area contributed by atoms with Crippen molar-refractivity contribution in [2.75, 3.05) is 12.3 Å². The summed E-state index contributed by atoms with van der Waals surface area (Å²) in [5.41, 5.74) is 4.85. The van der Waals surface area contributed by atoms with Crippen molar-refractivity contribution < 1.29 is 24.0 Å². The van der Waals surface area contributed by atoms with Gasteiger partial charge < -0.3 is 20.6 Å². The van der Waals surface area contributed by atoms with Crippen LogP contribution in [0.3, 0.4) is 0 Å². The third kappa shape index (κ3) is 3.81. The quantitative estimate of drug-likeness (QED) is 0.528. The van der Waals surface area contributed by atoms with Gasteiger partial charge in [0, 0.05) is 12.6 Å². The SMILES string of the molecule is Nc1ccn([C@H]2C[C@H](O)[C@@H](COP(=O)(O)O)S2)c(=O)n1. The summed E-state index contributed by atoms with van der Waals surface area (Å²) in [4.78, 5) is 32.5. The van der Waals surface area contributed by atoms with Crippen LogP contribution in [0.15, 0.2) is 17.1 Å². The van der Waals surface area contributed by atoms with Gasteiger partial charge in [0.2, 0.25) is 0 Å². The van der Waals surface area contributed by atoms with Gasteiger partial charge in [0.05, 0.1) is 23.3 Å². The highest BCUT2D eigenvalue weighted by Gasteiger charge is 2.36. The molecule has 1 aromatic rings. The lowest BCUT2D eigenvalue weighted by Gasteiger charge is -2.14. The van der Waals surface area contributed by atoms with E-state index in [1.165, 1.54) is 28.6 Å². The van der Waals surface area contributed by atoms with Crippen LogP contribution in [0.4, 0.5) is 5.82 Å². The molecule has 1 aromatic heterocycles. The minimum absolute atomic E-state index is 0.108. The van der Waals surface area contributed by atoms with Gasteiger partial charge in [-0.25, -0.2) is 9.36 Å². The number of nitrogen functional groups attached to an aromatic ring is 1. The molecule has 0 radical (unpaired) electrons. The van der Waals surface area contributed by atoms with Gasteiger partial charge in [-0.2, -0.15) is 4.98 Å². The molecule has 0 bridgehead atoms. The summed E-state index contributed by atoms with van der Waals surface area (Å²) in [5, 5.41) is 8.94. The molecule has 2 rings (SSSR count). The molecule has 1 fully saturated rings. The van der Waals surface area contributed by atoms with E-state index in [4.69, 9.17) is 15.5 Å². The fourth-order valence-electron chi connectivity index (χ4n) is 1.85. The molecule has 1 aliphatic heterocycles. The van der Waals surface area contributed by atoms with Crippen LogP contribution in [-0.4, -0.2) is 42.4 Å². The Hall–Kier alpha value is -0.900. The third-order valence-electron chi connectivity index (χ3n) is 2.77. The third-order valence-corrected chi connectivity index (χ3v) is 4.79. The summed E-state index contributed by atoms with van der Waals surface area (Å²) in [6.07, 6.45) is 0.896. The number of aromatic nitrogens is 2. The lowest BCUT2D eigenvalue weighted by Crippen LogP contribution is -2.25. The molecule has 0 saturated carbocycles. The van der Waals surface area contributed by atoms with Crippen LogP contribution in [0, 0.1) is 0 Å². The van der Waals surface area contributed by atoms with Crippen molar-refractivity contribution in [3.05, 3.63) is 22.7 Å². The first-order chi connectivity index (χ1) is 9.26. The van der Waals surface area contributed by atoms with Crippen LogP contribution in [0.2, 0.25) is 0 Å². The summed E-state index contributed by atoms with van der Waals surface area (Å²) in [5.74, 6) is 0.108. The van der Waals surface area contributed by atoms with Crippen molar-refractivity contribution >= 4 is 25.4 Å². The maximum Gasteiger partial charge on any atom is 0.469 e. The Kier molecular flexibility index (Phi) is 4.52. The summed E-state index contributed by atoms with van der Waals surface area (Å²) in [7, 11) is -4.57. The summed E-state index contributed by atoms with van der Waals surface area (Å²) < 4.78 is 16.3. The minimum Gasteiger partial charge on any atom is -0.392 e. The van der Waals surface area contributed by atoms with Crippen molar-refractivity contribution in [1.29, 1.82) is 0 Å². The predicted octanol–water partition coefficient (Wildman–Crippen LogP) is -0.700. The Morgan fingerprint density at radius 2 is 2.30 bits per heavy atom. The van der Waals surface area contributed by atoms with Crippen molar-refractivity contribution in [1.82, 2.24) is 9.55 Å².